The van der Waals surface area contributed by atoms with Crippen molar-refractivity contribution in [1.29, 1.82) is 0 Å². The highest BCUT2D eigenvalue weighted by molar-refractivity contribution is 5.69. The number of aliphatic hydroxyl groups excluding tert-OH is 1. The molecule has 0 radical (unpaired) electrons. The minimum atomic E-state index is -0.552. The van der Waals surface area contributed by atoms with Crippen molar-refractivity contribution in [3.05, 3.63) is 0 Å². The predicted octanol–water partition coefficient (Wildman–Crippen LogP) is 2.41. The molecule has 0 spiro atoms. The molecular formula is C14H28O4. The number of methoxy groups -OCH3 is 1. The Morgan fingerprint density at radius 2 is 1.94 bits per heavy atom. The van der Waals surface area contributed by atoms with Crippen LogP contribution < -0.4 is 0 Å². The molecule has 0 fully saturated rings. The van der Waals surface area contributed by atoms with Gasteiger partial charge in [0.25, 0.3) is 0 Å². The first-order valence-electron chi connectivity index (χ1n) is 6.88. The molecule has 2 N–H and O–H groups in total. The van der Waals surface area contributed by atoms with Crippen molar-refractivity contribution in [2.24, 2.45) is 0 Å². The molecule has 0 aliphatic heterocycles. The minimum Gasteiger partial charge on any atom is -0.469 e. The summed E-state index contributed by atoms with van der Waals surface area (Å²) in [5, 5.41) is 19.4. The number of carbonyl (C=O) groups is 1. The highest BCUT2D eigenvalue weighted by Gasteiger charge is 2.16. The third-order valence-corrected chi connectivity index (χ3v) is 3.42. The lowest BCUT2D eigenvalue weighted by Gasteiger charge is -2.20. The van der Waals surface area contributed by atoms with Gasteiger partial charge in [-0.25, -0.2) is 0 Å². The first-order chi connectivity index (χ1) is 8.41. The molecule has 0 heterocycles. The van der Waals surface area contributed by atoms with Gasteiger partial charge in [0.05, 0.1) is 18.8 Å². The van der Waals surface area contributed by atoms with E-state index in [0.29, 0.717) is 12.8 Å². The van der Waals surface area contributed by atoms with Crippen LogP contribution in [0.25, 0.3) is 0 Å². The third-order valence-electron chi connectivity index (χ3n) is 3.42. The van der Waals surface area contributed by atoms with Crippen LogP contribution in [-0.2, 0) is 9.53 Å². The largest absolute Gasteiger partial charge is 0.469 e. The van der Waals surface area contributed by atoms with Crippen LogP contribution in [-0.4, -0.2) is 35.0 Å². The average Bonchev–Trinajstić information content (AvgIpc) is 2.35. The summed E-state index contributed by atoms with van der Waals surface area (Å²) in [6.07, 6.45) is 5.54. The zero-order valence-electron chi connectivity index (χ0n) is 11.9. The molecular weight excluding hydrogens is 232 g/mol. The van der Waals surface area contributed by atoms with Gasteiger partial charge in [-0.2, -0.15) is 0 Å². The van der Waals surface area contributed by atoms with E-state index in [4.69, 9.17) is 0 Å². The van der Waals surface area contributed by atoms with Crippen molar-refractivity contribution in [2.75, 3.05) is 7.11 Å². The van der Waals surface area contributed by atoms with Crippen LogP contribution in [0.2, 0.25) is 0 Å². The fourth-order valence-electron chi connectivity index (χ4n) is 1.77. The fourth-order valence-corrected chi connectivity index (χ4v) is 1.77. The molecule has 0 aromatic heterocycles. The van der Waals surface area contributed by atoms with Gasteiger partial charge in [0.2, 0.25) is 0 Å². The summed E-state index contributed by atoms with van der Waals surface area (Å²) < 4.78 is 4.52. The van der Waals surface area contributed by atoms with Crippen molar-refractivity contribution in [3.8, 4) is 0 Å². The second-order valence-electron chi connectivity index (χ2n) is 5.22. The number of esters is 1. The number of ether oxygens (including phenoxy) is 1. The van der Waals surface area contributed by atoms with E-state index < -0.39 is 11.7 Å². The third kappa shape index (κ3) is 9.42. The van der Waals surface area contributed by atoms with Crippen LogP contribution >= 0.6 is 0 Å². The Labute approximate surface area is 110 Å². The summed E-state index contributed by atoms with van der Waals surface area (Å²) in [6.45, 7) is 3.84. The maximum Gasteiger partial charge on any atom is 0.305 e. The van der Waals surface area contributed by atoms with E-state index in [-0.39, 0.29) is 12.4 Å². The molecule has 18 heavy (non-hydrogen) atoms. The maximum atomic E-state index is 10.9. The smallest absolute Gasteiger partial charge is 0.305 e. The Balaban J connectivity index is 3.46. The molecule has 0 aliphatic carbocycles. The zero-order chi connectivity index (χ0) is 14.0. The SMILES string of the molecule is CCC(C)(O)CCCCCC(O)CCC(=O)OC. The van der Waals surface area contributed by atoms with E-state index in [1.54, 1.807) is 0 Å². The van der Waals surface area contributed by atoms with Gasteiger partial charge < -0.3 is 14.9 Å². The summed E-state index contributed by atoms with van der Waals surface area (Å²) in [4.78, 5) is 10.9. The van der Waals surface area contributed by atoms with E-state index in [0.717, 1.165) is 32.1 Å². The Bertz CT molecular complexity index is 226. The van der Waals surface area contributed by atoms with Gasteiger partial charge in [0.15, 0.2) is 0 Å². The van der Waals surface area contributed by atoms with Crippen LogP contribution in [0.5, 0.6) is 0 Å². The van der Waals surface area contributed by atoms with Crippen molar-refractivity contribution in [3.63, 3.8) is 0 Å². The summed E-state index contributed by atoms with van der Waals surface area (Å²) in [7, 11) is 1.36. The molecule has 0 aromatic carbocycles. The highest BCUT2D eigenvalue weighted by Crippen LogP contribution is 2.18. The molecule has 0 amide bonds. The van der Waals surface area contributed by atoms with Crippen molar-refractivity contribution >= 4 is 5.97 Å². The van der Waals surface area contributed by atoms with Crippen molar-refractivity contribution in [1.82, 2.24) is 0 Å². The Morgan fingerprint density at radius 1 is 1.28 bits per heavy atom. The summed E-state index contributed by atoms with van der Waals surface area (Å²) >= 11 is 0. The highest BCUT2D eigenvalue weighted by atomic mass is 16.5. The van der Waals surface area contributed by atoms with Gasteiger partial charge in [0.1, 0.15) is 0 Å². The van der Waals surface area contributed by atoms with E-state index in [2.05, 4.69) is 4.74 Å². The molecule has 2 unspecified atom stereocenters. The molecule has 0 bridgehead atoms. The van der Waals surface area contributed by atoms with Gasteiger partial charge in [-0.1, -0.05) is 26.2 Å². The Morgan fingerprint density at radius 3 is 2.50 bits per heavy atom. The fraction of sp³-hybridized carbons (Fsp3) is 0.929. The van der Waals surface area contributed by atoms with E-state index in [9.17, 15) is 15.0 Å². The van der Waals surface area contributed by atoms with Gasteiger partial charge in [-0.3, -0.25) is 4.79 Å². The number of carbonyl (C=O) groups excluding carboxylic acids is 1. The van der Waals surface area contributed by atoms with Gasteiger partial charge in [0, 0.05) is 6.42 Å². The lowest BCUT2D eigenvalue weighted by Crippen LogP contribution is -2.22. The van der Waals surface area contributed by atoms with Crippen LogP contribution in [0.4, 0.5) is 0 Å². The summed E-state index contributed by atoms with van der Waals surface area (Å²) in [6, 6.07) is 0. The lowest BCUT2D eigenvalue weighted by molar-refractivity contribution is -0.141. The van der Waals surface area contributed by atoms with Gasteiger partial charge in [-0.15, -0.1) is 0 Å². The molecule has 0 saturated carbocycles. The quantitative estimate of drug-likeness (QED) is 0.467. The molecule has 0 aliphatic rings. The van der Waals surface area contributed by atoms with Crippen molar-refractivity contribution < 1.29 is 19.7 Å². The second-order valence-corrected chi connectivity index (χ2v) is 5.22. The molecule has 4 nitrogen and oxygen atoms in total. The normalized spacial score (nSPS) is 16.1. The molecule has 4 heteroatoms. The molecule has 2 atom stereocenters. The summed E-state index contributed by atoms with van der Waals surface area (Å²) in [5.74, 6) is -0.270. The monoisotopic (exact) mass is 260 g/mol. The van der Waals surface area contributed by atoms with Crippen molar-refractivity contribution in [2.45, 2.75) is 76.9 Å². The molecule has 0 saturated heterocycles. The standard InChI is InChI=1S/C14H28O4/c1-4-14(2,17)11-7-5-6-8-12(15)9-10-13(16)18-3/h12,15,17H,4-11H2,1-3H3. The molecule has 108 valence electrons. The number of unbranched alkanes of at least 4 members (excludes halogenated alkanes) is 2. The van der Waals surface area contributed by atoms with Gasteiger partial charge in [-0.05, 0) is 32.6 Å². The van der Waals surface area contributed by atoms with Gasteiger partial charge >= 0.3 is 5.97 Å². The lowest BCUT2D eigenvalue weighted by atomic mass is 9.95. The van der Waals surface area contributed by atoms with E-state index in [1.807, 2.05) is 13.8 Å². The average molecular weight is 260 g/mol. The first kappa shape index (κ1) is 17.4. The Hall–Kier alpha value is -0.610. The van der Waals surface area contributed by atoms with E-state index in [1.165, 1.54) is 7.11 Å². The number of aliphatic hydroxyl groups is 2. The molecule has 0 rings (SSSR count). The zero-order valence-corrected chi connectivity index (χ0v) is 11.9. The van der Waals surface area contributed by atoms with Crippen LogP contribution in [0.15, 0.2) is 0 Å². The predicted molar refractivity (Wildman–Crippen MR) is 71.3 cm³/mol. The number of rotatable bonds is 10. The second kappa shape index (κ2) is 9.34. The van der Waals surface area contributed by atoms with Crippen LogP contribution in [0, 0.1) is 0 Å². The number of hydrogen-bond acceptors (Lipinski definition) is 4. The maximum absolute atomic E-state index is 10.9. The summed E-state index contributed by atoms with van der Waals surface area (Å²) in [5.41, 5.74) is -0.552. The Kier molecular flexibility index (Phi) is 9.02. The first-order valence-corrected chi connectivity index (χ1v) is 6.88. The van der Waals surface area contributed by atoms with E-state index >= 15 is 0 Å². The van der Waals surface area contributed by atoms with Crippen LogP contribution in [0.1, 0.15) is 65.2 Å². The number of hydrogen-bond donors (Lipinski definition) is 2. The van der Waals surface area contributed by atoms with Crippen LogP contribution in [0.3, 0.4) is 0 Å². The topological polar surface area (TPSA) is 66.8 Å². The molecule has 0 aromatic rings. The minimum absolute atomic E-state index is 0.270.